The Bertz CT molecular complexity index is 1550. The number of benzene rings is 2. The zero-order valence-corrected chi connectivity index (χ0v) is 23.7. The van der Waals surface area contributed by atoms with Gasteiger partial charge in [0.15, 0.2) is 24.5 Å². The fourth-order valence-electron chi connectivity index (χ4n) is 4.99. The minimum Gasteiger partial charge on any atom is -0.497 e. The molecule has 12 nitrogen and oxygen atoms in total. The van der Waals surface area contributed by atoms with Crippen molar-refractivity contribution >= 4 is 34.8 Å². The van der Waals surface area contributed by atoms with E-state index < -0.39 is 66.7 Å². The number of rotatable bonds is 8. The Kier molecular flexibility index (Phi) is 9.26. The van der Waals surface area contributed by atoms with Crippen LogP contribution in [0.4, 0.5) is 0 Å². The number of pyridine rings is 1. The first kappa shape index (κ1) is 30.3. The second-order valence-electron chi connectivity index (χ2n) is 9.60. The Morgan fingerprint density at radius 3 is 1.98 bits per heavy atom. The van der Waals surface area contributed by atoms with E-state index in [9.17, 15) is 24.0 Å². The maximum absolute atomic E-state index is 13.9. The number of para-hydroxylation sites is 1. The highest BCUT2D eigenvalue weighted by Gasteiger charge is 2.53. The van der Waals surface area contributed by atoms with E-state index >= 15 is 0 Å². The van der Waals surface area contributed by atoms with Gasteiger partial charge in [0, 0.05) is 39.1 Å². The van der Waals surface area contributed by atoms with E-state index in [-0.39, 0.29) is 0 Å². The summed E-state index contributed by atoms with van der Waals surface area (Å²) < 4.78 is 34.5. The maximum Gasteiger partial charge on any atom is 0.303 e. The average molecular weight is 582 g/mol. The van der Waals surface area contributed by atoms with Gasteiger partial charge in [-0.1, -0.05) is 30.3 Å². The lowest BCUT2D eigenvalue weighted by atomic mass is 9.96. The molecule has 5 atom stereocenters. The molecule has 0 radical (unpaired) electrons. The summed E-state index contributed by atoms with van der Waals surface area (Å²) in [5, 5.41) is 0.662. The van der Waals surface area contributed by atoms with Crippen molar-refractivity contribution in [1.82, 2.24) is 4.57 Å². The lowest BCUT2D eigenvalue weighted by Crippen LogP contribution is -2.61. The molecule has 1 saturated heterocycles. The first-order valence-corrected chi connectivity index (χ1v) is 13.1. The molecule has 222 valence electrons. The lowest BCUT2D eigenvalue weighted by molar-refractivity contribution is -0.268. The molecule has 0 unspecified atom stereocenters. The predicted molar refractivity (Wildman–Crippen MR) is 147 cm³/mol. The van der Waals surface area contributed by atoms with Crippen LogP contribution < -0.4 is 10.3 Å². The Hall–Kier alpha value is -4.71. The summed E-state index contributed by atoms with van der Waals surface area (Å²) >= 11 is 0. The molecular formula is C30H31NO11. The lowest BCUT2D eigenvalue weighted by Gasteiger charge is -2.45. The van der Waals surface area contributed by atoms with Crippen LogP contribution in [0, 0.1) is 0 Å². The summed E-state index contributed by atoms with van der Waals surface area (Å²) in [6.07, 6.45) is -6.77. The van der Waals surface area contributed by atoms with Crippen LogP contribution in [0.15, 0.2) is 59.4 Å². The van der Waals surface area contributed by atoms with E-state index in [1.54, 1.807) is 37.4 Å². The number of fused-ring (bicyclic) bond motifs is 1. The largest absolute Gasteiger partial charge is 0.497 e. The Labute approximate surface area is 241 Å². The monoisotopic (exact) mass is 581 g/mol. The van der Waals surface area contributed by atoms with Crippen molar-refractivity contribution in [2.75, 3.05) is 13.7 Å². The van der Waals surface area contributed by atoms with Crippen LogP contribution in [0.2, 0.25) is 0 Å². The molecule has 1 aliphatic rings. The fourth-order valence-corrected chi connectivity index (χ4v) is 4.99. The maximum atomic E-state index is 13.9. The van der Waals surface area contributed by atoms with Crippen molar-refractivity contribution in [1.29, 1.82) is 0 Å². The molecule has 1 aromatic heterocycles. The van der Waals surface area contributed by atoms with E-state index in [1.165, 1.54) is 17.6 Å². The van der Waals surface area contributed by atoms with Gasteiger partial charge >= 0.3 is 23.9 Å². The molecule has 4 rings (SSSR count). The third-order valence-corrected chi connectivity index (χ3v) is 6.58. The summed E-state index contributed by atoms with van der Waals surface area (Å²) in [7, 11) is 1.55. The molecule has 2 aromatic carbocycles. The molecule has 42 heavy (non-hydrogen) atoms. The average Bonchev–Trinajstić information content (AvgIpc) is 2.93. The van der Waals surface area contributed by atoms with Gasteiger partial charge in [0.2, 0.25) is 0 Å². The van der Waals surface area contributed by atoms with Crippen molar-refractivity contribution in [2.45, 2.75) is 58.3 Å². The highest BCUT2D eigenvalue weighted by molar-refractivity contribution is 5.94. The smallest absolute Gasteiger partial charge is 0.303 e. The quantitative estimate of drug-likeness (QED) is 0.286. The molecule has 3 aromatic rings. The van der Waals surface area contributed by atoms with Gasteiger partial charge in [0.05, 0.1) is 12.6 Å². The van der Waals surface area contributed by atoms with E-state index in [0.29, 0.717) is 22.2 Å². The van der Waals surface area contributed by atoms with Crippen LogP contribution in [0.25, 0.3) is 22.0 Å². The second kappa shape index (κ2) is 12.9. The highest BCUT2D eigenvalue weighted by Crippen LogP contribution is 2.37. The predicted octanol–water partition coefficient (Wildman–Crippen LogP) is 2.93. The van der Waals surface area contributed by atoms with Crippen LogP contribution in [0.1, 0.15) is 33.9 Å². The van der Waals surface area contributed by atoms with Crippen molar-refractivity contribution in [3.8, 4) is 16.9 Å². The number of nitrogens with zero attached hydrogens (tertiary/aromatic N) is 1. The minimum atomic E-state index is -1.43. The topological polar surface area (TPSA) is 146 Å². The summed E-state index contributed by atoms with van der Waals surface area (Å²) in [5.74, 6) is -2.28. The van der Waals surface area contributed by atoms with Crippen molar-refractivity contribution in [3.63, 3.8) is 0 Å². The van der Waals surface area contributed by atoms with E-state index in [0.717, 1.165) is 26.3 Å². The van der Waals surface area contributed by atoms with E-state index in [2.05, 4.69) is 0 Å². The van der Waals surface area contributed by atoms with Crippen LogP contribution in [-0.4, -0.2) is 66.6 Å². The minimum absolute atomic E-state index is 0.412. The summed E-state index contributed by atoms with van der Waals surface area (Å²) in [5.41, 5.74) is 1.26. The molecule has 0 amide bonds. The molecule has 1 fully saturated rings. The van der Waals surface area contributed by atoms with Crippen LogP contribution in [-0.2, 0) is 42.9 Å². The molecular weight excluding hydrogens is 550 g/mol. The highest BCUT2D eigenvalue weighted by atomic mass is 16.7. The number of ether oxygens (including phenoxy) is 6. The molecule has 0 aliphatic carbocycles. The van der Waals surface area contributed by atoms with Gasteiger partial charge in [-0.15, -0.1) is 0 Å². The van der Waals surface area contributed by atoms with Crippen LogP contribution >= 0.6 is 0 Å². The molecule has 1 aliphatic heterocycles. The number of esters is 4. The van der Waals surface area contributed by atoms with Gasteiger partial charge in [0.1, 0.15) is 18.5 Å². The zero-order valence-electron chi connectivity index (χ0n) is 23.7. The third kappa shape index (κ3) is 6.60. The number of aromatic nitrogens is 1. The first-order chi connectivity index (χ1) is 20.0. The zero-order chi connectivity index (χ0) is 30.6. The molecule has 0 bridgehead atoms. The number of hydrogen-bond donors (Lipinski definition) is 0. The fraction of sp³-hybridized carbons (Fsp3) is 0.367. The standard InChI is InChI=1S/C30H31NO11/c1-16(32)38-15-25-27(39-17(2)33)28(40-18(3)34)29(41-19(4)35)30(42-25)31-24-9-7-6-8-22(24)23(14-26(31)36)20-10-12-21(37-5)13-11-20/h6-14,25,27-30H,15H2,1-5H3/t25-,27-,28+,29-,30-/m1/s1. The van der Waals surface area contributed by atoms with Crippen molar-refractivity contribution < 1.29 is 47.6 Å². The van der Waals surface area contributed by atoms with E-state index in [4.69, 9.17) is 28.4 Å². The van der Waals surface area contributed by atoms with Gasteiger partial charge in [-0.2, -0.15) is 0 Å². The third-order valence-electron chi connectivity index (χ3n) is 6.58. The first-order valence-electron chi connectivity index (χ1n) is 13.1. The Morgan fingerprint density at radius 1 is 0.786 bits per heavy atom. The summed E-state index contributed by atoms with van der Waals surface area (Å²) in [6, 6.07) is 15.6. The molecule has 2 heterocycles. The van der Waals surface area contributed by atoms with Crippen molar-refractivity contribution in [3.05, 3.63) is 65.0 Å². The molecule has 0 spiro atoms. The normalized spacial score (nSPS) is 21.7. The van der Waals surface area contributed by atoms with Crippen LogP contribution in [0.3, 0.4) is 0 Å². The van der Waals surface area contributed by atoms with Gasteiger partial charge in [-0.25, -0.2) is 0 Å². The van der Waals surface area contributed by atoms with Gasteiger partial charge in [-0.3, -0.25) is 28.5 Å². The van der Waals surface area contributed by atoms with Crippen molar-refractivity contribution in [2.24, 2.45) is 0 Å². The summed E-state index contributed by atoms with van der Waals surface area (Å²) in [6.45, 7) is 4.18. The van der Waals surface area contributed by atoms with Gasteiger partial charge in [0.25, 0.3) is 5.56 Å². The molecule has 0 saturated carbocycles. The van der Waals surface area contributed by atoms with Gasteiger partial charge < -0.3 is 28.4 Å². The van der Waals surface area contributed by atoms with E-state index in [1.807, 2.05) is 18.2 Å². The Balaban J connectivity index is 1.93. The SMILES string of the molecule is COc1ccc(-c2cc(=O)n([C@@H]3O[C@H](COC(C)=O)[C@@H](OC(C)=O)[C@H](OC(C)=O)[C@H]3OC(C)=O)c3ccccc23)cc1. The number of hydrogen-bond acceptors (Lipinski definition) is 11. The number of carbonyl (C=O) groups is 4. The summed E-state index contributed by atoms with van der Waals surface area (Å²) in [4.78, 5) is 62.1. The van der Waals surface area contributed by atoms with Gasteiger partial charge in [-0.05, 0) is 29.3 Å². The molecule has 12 heteroatoms. The second-order valence-corrected chi connectivity index (χ2v) is 9.60. The van der Waals surface area contributed by atoms with Crippen LogP contribution in [0.5, 0.6) is 5.75 Å². The molecule has 0 N–H and O–H groups in total. The Morgan fingerprint density at radius 2 is 1.38 bits per heavy atom. The number of carbonyl (C=O) groups excluding carboxylic acids is 4. The number of methoxy groups -OCH3 is 1.